The van der Waals surface area contributed by atoms with Crippen molar-refractivity contribution in [3.8, 4) is 0 Å². The molecule has 3 rings (SSSR count). The molecule has 0 radical (unpaired) electrons. The molecule has 2 aromatic rings. The summed E-state index contributed by atoms with van der Waals surface area (Å²) >= 11 is 0. The highest BCUT2D eigenvalue weighted by Crippen LogP contribution is 2.29. The van der Waals surface area contributed by atoms with Crippen molar-refractivity contribution in [1.82, 2.24) is 24.6 Å². The third-order valence-electron chi connectivity index (χ3n) is 4.68. The zero-order valence-electron chi connectivity index (χ0n) is 14.6. The average Bonchev–Trinajstić information content (AvgIpc) is 3.16. The zero-order chi connectivity index (χ0) is 16.4. The van der Waals surface area contributed by atoms with Crippen molar-refractivity contribution >= 4 is 0 Å². The summed E-state index contributed by atoms with van der Waals surface area (Å²) in [5, 5.41) is 8.47. The molecule has 126 valence electrons. The van der Waals surface area contributed by atoms with Gasteiger partial charge >= 0.3 is 0 Å². The topological polar surface area (TPSA) is 60.0 Å². The van der Waals surface area contributed by atoms with E-state index in [4.69, 9.17) is 4.42 Å². The van der Waals surface area contributed by atoms with Gasteiger partial charge in [-0.15, -0.1) is 10.2 Å². The minimum Gasteiger partial charge on any atom is -0.448 e. The maximum atomic E-state index is 5.53. The van der Waals surface area contributed by atoms with Crippen LogP contribution >= 0.6 is 0 Å². The van der Waals surface area contributed by atoms with Crippen molar-refractivity contribution in [2.75, 3.05) is 13.1 Å². The average molecular weight is 317 g/mol. The van der Waals surface area contributed by atoms with Gasteiger partial charge in [0.25, 0.3) is 0 Å². The summed E-state index contributed by atoms with van der Waals surface area (Å²) in [6, 6.07) is 0.418. The molecule has 1 fully saturated rings. The Kier molecular flexibility index (Phi) is 4.80. The van der Waals surface area contributed by atoms with Gasteiger partial charge in [0.1, 0.15) is 17.9 Å². The van der Waals surface area contributed by atoms with Gasteiger partial charge in [-0.25, -0.2) is 4.98 Å². The van der Waals surface area contributed by atoms with E-state index in [1.165, 1.54) is 0 Å². The summed E-state index contributed by atoms with van der Waals surface area (Å²) < 4.78 is 7.73. The fourth-order valence-corrected chi connectivity index (χ4v) is 3.37. The van der Waals surface area contributed by atoms with E-state index in [9.17, 15) is 0 Å². The lowest BCUT2D eigenvalue weighted by Crippen LogP contribution is -2.33. The third-order valence-corrected chi connectivity index (χ3v) is 4.68. The Balaban J connectivity index is 1.60. The summed E-state index contributed by atoms with van der Waals surface area (Å²) in [7, 11) is 0. The first-order valence-corrected chi connectivity index (χ1v) is 8.60. The maximum Gasteiger partial charge on any atom is 0.181 e. The Morgan fingerprint density at radius 3 is 2.61 bits per heavy atom. The second-order valence-electron chi connectivity index (χ2n) is 7.06. The standard InChI is InChI=1S/C17H27N5O/c1-12(2)16-15(18-11-23-16)9-21-7-5-14(6-8-21)17-20-19-10-22(17)13(3)4/h10-14H,5-9H2,1-4H3. The van der Waals surface area contributed by atoms with E-state index in [2.05, 4.69) is 52.3 Å². The maximum absolute atomic E-state index is 5.53. The van der Waals surface area contributed by atoms with Crippen LogP contribution in [0, 0.1) is 0 Å². The number of oxazole rings is 1. The molecule has 6 heteroatoms. The van der Waals surface area contributed by atoms with Crippen molar-refractivity contribution in [2.24, 2.45) is 0 Å². The molecular weight excluding hydrogens is 290 g/mol. The molecule has 0 spiro atoms. The van der Waals surface area contributed by atoms with Crippen LogP contribution in [0.3, 0.4) is 0 Å². The number of aromatic nitrogens is 4. The molecule has 1 aliphatic heterocycles. The predicted molar refractivity (Wildman–Crippen MR) is 88.3 cm³/mol. The van der Waals surface area contributed by atoms with Crippen LogP contribution in [0.5, 0.6) is 0 Å². The molecule has 0 unspecified atom stereocenters. The number of rotatable bonds is 5. The third kappa shape index (κ3) is 3.47. The molecule has 0 amide bonds. The van der Waals surface area contributed by atoms with Gasteiger partial charge in [-0.1, -0.05) is 13.8 Å². The van der Waals surface area contributed by atoms with Gasteiger partial charge in [-0.05, 0) is 39.8 Å². The Hall–Kier alpha value is -1.69. The Morgan fingerprint density at radius 2 is 1.96 bits per heavy atom. The first kappa shape index (κ1) is 16.2. The van der Waals surface area contributed by atoms with Crippen LogP contribution in [-0.2, 0) is 6.54 Å². The molecular formula is C17H27N5O. The van der Waals surface area contributed by atoms with Crippen molar-refractivity contribution in [3.05, 3.63) is 30.0 Å². The van der Waals surface area contributed by atoms with E-state index >= 15 is 0 Å². The lowest BCUT2D eigenvalue weighted by atomic mass is 9.95. The van der Waals surface area contributed by atoms with Gasteiger partial charge in [0.2, 0.25) is 0 Å². The smallest absolute Gasteiger partial charge is 0.181 e. The highest BCUT2D eigenvalue weighted by molar-refractivity contribution is 5.11. The zero-order valence-corrected chi connectivity index (χ0v) is 14.6. The lowest BCUT2D eigenvalue weighted by molar-refractivity contribution is 0.196. The minimum absolute atomic E-state index is 0.384. The summed E-state index contributed by atoms with van der Waals surface area (Å²) in [6.45, 7) is 11.7. The first-order chi connectivity index (χ1) is 11.1. The van der Waals surface area contributed by atoms with Crippen LogP contribution in [0.25, 0.3) is 0 Å². The molecule has 0 aromatic carbocycles. The van der Waals surface area contributed by atoms with E-state index in [0.29, 0.717) is 17.9 Å². The lowest BCUT2D eigenvalue weighted by Gasteiger charge is -2.31. The van der Waals surface area contributed by atoms with Crippen molar-refractivity contribution < 1.29 is 4.42 Å². The molecule has 1 saturated heterocycles. The Labute approximate surface area is 137 Å². The highest BCUT2D eigenvalue weighted by atomic mass is 16.3. The van der Waals surface area contributed by atoms with Crippen LogP contribution in [0.4, 0.5) is 0 Å². The van der Waals surface area contributed by atoms with Gasteiger partial charge in [0, 0.05) is 24.4 Å². The quantitative estimate of drug-likeness (QED) is 0.846. The summed E-state index contributed by atoms with van der Waals surface area (Å²) in [5.41, 5.74) is 1.09. The number of hydrogen-bond acceptors (Lipinski definition) is 5. The van der Waals surface area contributed by atoms with Gasteiger partial charge < -0.3 is 8.98 Å². The van der Waals surface area contributed by atoms with Crippen LogP contribution in [0.1, 0.15) is 75.7 Å². The van der Waals surface area contributed by atoms with Gasteiger partial charge in [0.05, 0.1) is 5.69 Å². The number of hydrogen-bond donors (Lipinski definition) is 0. The first-order valence-electron chi connectivity index (χ1n) is 8.60. The summed E-state index contributed by atoms with van der Waals surface area (Å²) in [4.78, 5) is 6.87. The molecule has 0 saturated carbocycles. The van der Waals surface area contributed by atoms with E-state index in [1.807, 2.05) is 6.33 Å². The number of likely N-dealkylation sites (tertiary alicyclic amines) is 1. The molecule has 3 heterocycles. The van der Waals surface area contributed by atoms with E-state index in [-0.39, 0.29) is 0 Å². The summed E-state index contributed by atoms with van der Waals surface area (Å²) in [5.74, 6) is 3.06. The largest absolute Gasteiger partial charge is 0.448 e. The van der Waals surface area contributed by atoms with Crippen LogP contribution in [0.2, 0.25) is 0 Å². The molecule has 0 aliphatic carbocycles. The second-order valence-corrected chi connectivity index (χ2v) is 7.06. The van der Waals surface area contributed by atoms with E-state index < -0.39 is 0 Å². The predicted octanol–water partition coefficient (Wildman–Crippen LogP) is 3.35. The molecule has 1 aliphatic rings. The highest BCUT2D eigenvalue weighted by Gasteiger charge is 2.26. The van der Waals surface area contributed by atoms with Crippen LogP contribution in [-0.4, -0.2) is 37.7 Å². The molecule has 23 heavy (non-hydrogen) atoms. The Morgan fingerprint density at radius 1 is 1.22 bits per heavy atom. The Bertz CT molecular complexity index is 622. The van der Waals surface area contributed by atoms with Crippen molar-refractivity contribution in [3.63, 3.8) is 0 Å². The molecule has 2 aromatic heterocycles. The van der Waals surface area contributed by atoms with Gasteiger partial charge in [0.15, 0.2) is 6.39 Å². The normalized spacial score (nSPS) is 17.5. The van der Waals surface area contributed by atoms with Crippen molar-refractivity contribution in [2.45, 2.75) is 65.0 Å². The molecule has 0 atom stereocenters. The van der Waals surface area contributed by atoms with Crippen LogP contribution < -0.4 is 0 Å². The molecule has 0 bridgehead atoms. The SMILES string of the molecule is CC(C)c1ocnc1CN1CCC(c2nncn2C(C)C)CC1. The van der Waals surface area contributed by atoms with E-state index in [0.717, 1.165) is 49.8 Å². The van der Waals surface area contributed by atoms with E-state index in [1.54, 1.807) is 6.39 Å². The summed E-state index contributed by atoms with van der Waals surface area (Å²) in [6.07, 6.45) is 5.68. The fraction of sp³-hybridized carbons (Fsp3) is 0.706. The number of nitrogens with zero attached hydrogens (tertiary/aromatic N) is 5. The number of piperidine rings is 1. The minimum atomic E-state index is 0.384. The fourth-order valence-electron chi connectivity index (χ4n) is 3.37. The van der Waals surface area contributed by atoms with Gasteiger partial charge in [-0.3, -0.25) is 4.90 Å². The van der Waals surface area contributed by atoms with Crippen LogP contribution in [0.15, 0.2) is 17.1 Å². The molecule has 0 N–H and O–H groups in total. The monoisotopic (exact) mass is 317 g/mol. The molecule has 6 nitrogen and oxygen atoms in total. The second kappa shape index (κ2) is 6.83. The van der Waals surface area contributed by atoms with Crippen molar-refractivity contribution in [1.29, 1.82) is 0 Å². The van der Waals surface area contributed by atoms with Gasteiger partial charge in [-0.2, -0.15) is 0 Å².